The van der Waals surface area contributed by atoms with Crippen molar-refractivity contribution in [1.29, 1.82) is 0 Å². The number of ether oxygens (including phenoxy) is 2. The van der Waals surface area contributed by atoms with Crippen LogP contribution in [0, 0.1) is 19.3 Å². The van der Waals surface area contributed by atoms with Gasteiger partial charge in [-0.05, 0) is 80.3 Å². The summed E-state index contributed by atoms with van der Waals surface area (Å²) in [5.41, 5.74) is 6.42. The monoisotopic (exact) mass is 842 g/mol. The average Bonchev–Trinajstić information content (AvgIpc) is 3.88. The first kappa shape index (κ1) is 43.6. The molecule has 1 aliphatic heterocycles. The molecule has 1 aliphatic rings. The van der Waals surface area contributed by atoms with Gasteiger partial charge in [0.05, 0.1) is 52.2 Å². The highest BCUT2D eigenvalue weighted by Crippen LogP contribution is 2.39. The van der Waals surface area contributed by atoms with E-state index < -0.39 is 17.7 Å². The summed E-state index contributed by atoms with van der Waals surface area (Å²) in [5.74, 6) is 0.711. The lowest BCUT2D eigenvalue weighted by Gasteiger charge is -2.35. The standard InChI is InChI=1S/C45H55ClN6O6S/c1-28-24-47-26-33(46)38(28)51-34-23-37(53)58-39-32(34)18-19-36(56-6)40(39)57-22-11-9-7-8-10-20-48-42(45(3,4)5)44(55)52-21-12-13-35(52)43(54)49-25-30-14-16-31(17-15-30)41-29(2)50-27-59-41/h14-19,23-24,26-27,35,42,48H,7-13,20-22,25H2,1-6H3,(H,47,51)(H,49,54). The van der Waals surface area contributed by atoms with Crippen molar-refractivity contribution in [1.82, 2.24) is 25.5 Å². The summed E-state index contributed by atoms with van der Waals surface area (Å²) < 4.78 is 17.4. The number of hydrogen-bond acceptors (Lipinski definition) is 11. The minimum atomic E-state index is -0.535. The predicted octanol–water partition coefficient (Wildman–Crippen LogP) is 8.97. The number of likely N-dealkylation sites (tertiary alicyclic amines) is 1. The van der Waals surface area contributed by atoms with E-state index in [9.17, 15) is 14.4 Å². The Balaban J connectivity index is 0.953. The van der Waals surface area contributed by atoms with E-state index in [2.05, 4.69) is 58.8 Å². The molecule has 0 spiro atoms. The van der Waals surface area contributed by atoms with Crippen LogP contribution in [0.5, 0.6) is 11.5 Å². The Morgan fingerprint density at radius 3 is 2.53 bits per heavy atom. The first-order chi connectivity index (χ1) is 28.3. The quantitative estimate of drug-likeness (QED) is 0.0577. The number of nitrogens with zero attached hydrogens (tertiary/aromatic N) is 3. The van der Waals surface area contributed by atoms with Crippen LogP contribution >= 0.6 is 22.9 Å². The fourth-order valence-electron chi connectivity index (χ4n) is 7.48. The Labute approximate surface area is 355 Å². The van der Waals surface area contributed by atoms with E-state index in [0.29, 0.717) is 71.5 Å². The van der Waals surface area contributed by atoms with Crippen molar-refractivity contribution in [3.8, 4) is 21.9 Å². The van der Waals surface area contributed by atoms with Crippen LogP contribution in [0.1, 0.15) is 82.5 Å². The second-order valence-electron chi connectivity index (χ2n) is 16.1. The summed E-state index contributed by atoms with van der Waals surface area (Å²) in [6.45, 7) is 12.2. The van der Waals surface area contributed by atoms with E-state index in [4.69, 9.17) is 25.5 Å². The molecule has 2 unspecified atom stereocenters. The van der Waals surface area contributed by atoms with E-state index in [-0.39, 0.29) is 17.2 Å². The number of rotatable bonds is 18. The van der Waals surface area contributed by atoms with Gasteiger partial charge >= 0.3 is 5.63 Å². The van der Waals surface area contributed by atoms with Crippen LogP contribution in [0.25, 0.3) is 21.4 Å². The van der Waals surface area contributed by atoms with Crippen LogP contribution < -0.4 is 31.0 Å². The van der Waals surface area contributed by atoms with E-state index >= 15 is 0 Å². The molecule has 3 N–H and O–H groups in total. The summed E-state index contributed by atoms with van der Waals surface area (Å²) in [4.78, 5) is 51.5. The van der Waals surface area contributed by atoms with Gasteiger partial charge in [-0.25, -0.2) is 9.78 Å². The molecule has 14 heteroatoms. The van der Waals surface area contributed by atoms with Crippen molar-refractivity contribution in [2.45, 2.75) is 98.2 Å². The van der Waals surface area contributed by atoms with Crippen LogP contribution in [0.4, 0.5) is 11.4 Å². The molecular weight excluding hydrogens is 788 g/mol. The van der Waals surface area contributed by atoms with Crippen LogP contribution in [0.15, 0.2) is 69.6 Å². The molecule has 2 amide bonds. The number of halogens is 1. The van der Waals surface area contributed by atoms with Crippen molar-refractivity contribution in [2.75, 3.05) is 32.1 Å². The number of carbonyl (C=O) groups is 2. The van der Waals surface area contributed by atoms with Crippen molar-refractivity contribution < 1.29 is 23.5 Å². The molecule has 3 aromatic heterocycles. The Kier molecular flexibility index (Phi) is 14.7. The van der Waals surface area contributed by atoms with Crippen LogP contribution in [-0.4, -0.2) is 65.6 Å². The minimum absolute atomic E-state index is 0.0181. The molecule has 6 rings (SSSR count). The number of anilines is 2. The molecule has 0 radical (unpaired) electrons. The Morgan fingerprint density at radius 2 is 1.81 bits per heavy atom. The fraction of sp³-hybridized carbons (Fsp3) is 0.444. The predicted molar refractivity (Wildman–Crippen MR) is 235 cm³/mol. The molecule has 0 saturated carbocycles. The molecule has 12 nitrogen and oxygen atoms in total. The number of pyridine rings is 1. The molecule has 2 atom stereocenters. The number of thiazole rings is 1. The van der Waals surface area contributed by atoms with Crippen LogP contribution in [0.3, 0.4) is 0 Å². The second kappa shape index (κ2) is 19.8. The summed E-state index contributed by atoms with van der Waals surface area (Å²) in [6, 6.07) is 12.3. The summed E-state index contributed by atoms with van der Waals surface area (Å²) in [7, 11) is 1.55. The van der Waals surface area contributed by atoms with Crippen LogP contribution in [0.2, 0.25) is 5.02 Å². The van der Waals surface area contributed by atoms with Gasteiger partial charge in [0.25, 0.3) is 0 Å². The Hall–Kier alpha value is -4.98. The third-order valence-electron chi connectivity index (χ3n) is 10.7. The molecule has 1 saturated heterocycles. The number of fused-ring (bicyclic) bond motifs is 1. The molecule has 1 fully saturated rings. The number of methoxy groups -OCH3 is 1. The maximum atomic E-state index is 14.0. The molecular formula is C45H55ClN6O6S. The molecule has 2 aromatic carbocycles. The number of benzene rings is 2. The first-order valence-corrected chi connectivity index (χ1v) is 21.6. The zero-order chi connectivity index (χ0) is 42.1. The lowest BCUT2D eigenvalue weighted by Crippen LogP contribution is -2.56. The highest BCUT2D eigenvalue weighted by atomic mass is 35.5. The molecule has 314 valence electrons. The zero-order valence-electron chi connectivity index (χ0n) is 34.8. The molecule has 0 bridgehead atoms. The van der Waals surface area contributed by atoms with Gasteiger partial charge in [-0.3, -0.25) is 14.6 Å². The van der Waals surface area contributed by atoms with Gasteiger partial charge in [0.2, 0.25) is 17.6 Å². The largest absolute Gasteiger partial charge is 0.493 e. The number of hydrogen-bond donors (Lipinski definition) is 3. The average molecular weight is 843 g/mol. The smallest absolute Gasteiger partial charge is 0.338 e. The van der Waals surface area contributed by atoms with Crippen molar-refractivity contribution in [2.24, 2.45) is 5.41 Å². The fourth-order valence-corrected chi connectivity index (χ4v) is 8.54. The topological polar surface area (TPSA) is 148 Å². The molecule has 4 heterocycles. The summed E-state index contributed by atoms with van der Waals surface area (Å²) in [6.07, 6.45) is 9.31. The maximum absolute atomic E-state index is 14.0. The minimum Gasteiger partial charge on any atom is -0.493 e. The van der Waals surface area contributed by atoms with E-state index in [1.807, 2.05) is 37.6 Å². The third kappa shape index (κ3) is 10.8. The van der Waals surface area contributed by atoms with Gasteiger partial charge in [-0.2, -0.15) is 0 Å². The van der Waals surface area contributed by atoms with Crippen molar-refractivity contribution >= 4 is 57.1 Å². The molecule has 0 aliphatic carbocycles. The van der Waals surface area contributed by atoms with Gasteiger partial charge in [-0.1, -0.05) is 75.9 Å². The Morgan fingerprint density at radius 1 is 1.05 bits per heavy atom. The van der Waals surface area contributed by atoms with E-state index in [0.717, 1.165) is 65.8 Å². The van der Waals surface area contributed by atoms with Crippen molar-refractivity contribution in [3.05, 3.63) is 92.6 Å². The van der Waals surface area contributed by atoms with Gasteiger partial charge in [-0.15, -0.1) is 11.3 Å². The van der Waals surface area contributed by atoms with Gasteiger partial charge in [0.15, 0.2) is 11.3 Å². The van der Waals surface area contributed by atoms with E-state index in [1.165, 1.54) is 6.07 Å². The molecule has 5 aromatic rings. The number of carbonyl (C=O) groups excluding carboxylic acids is 2. The number of nitrogens with one attached hydrogen (secondary N) is 3. The normalized spacial score (nSPS) is 14.7. The SMILES string of the molecule is COc1ccc2c(Nc3c(C)cncc3Cl)cc(=O)oc2c1OCCCCCCCNC(C(=O)N1CCCC1C(=O)NCc1ccc(-c2scnc2C)cc1)C(C)(C)C. The number of aromatic nitrogens is 2. The van der Waals surface area contributed by atoms with Gasteiger partial charge in [0.1, 0.15) is 6.04 Å². The summed E-state index contributed by atoms with van der Waals surface area (Å²) in [5, 5.41) is 11.0. The number of unbranched alkanes of at least 4 members (excludes halogenated alkanes) is 4. The second-order valence-corrected chi connectivity index (χ2v) is 17.4. The van der Waals surface area contributed by atoms with Crippen LogP contribution in [-0.2, 0) is 16.1 Å². The molecule has 59 heavy (non-hydrogen) atoms. The third-order valence-corrected chi connectivity index (χ3v) is 12.0. The summed E-state index contributed by atoms with van der Waals surface area (Å²) >= 11 is 8.02. The lowest BCUT2D eigenvalue weighted by molar-refractivity contribution is -0.142. The Bertz CT molecular complexity index is 2270. The maximum Gasteiger partial charge on any atom is 0.338 e. The number of aryl methyl sites for hydroxylation is 2. The lowest BCUT2D eigenvalue weighted by atomic mass is 9.85. The van der Waals surface area contributed by atoms with Gasteiger partial charge < -0.3 is 34.7 Å². The zero-order valence-corrected chi connectivity index (χ0v) is 36.4. The van der Waals surface area contributed by atoms with Gasteiger partial charge in [0, 0.05) is 36.9 Å². The highest BCUT2D eigenvalue weighted by molar-refractivity contribution is 7.13. The highest BCUT2D eigenvalue weighted by Gasteiger charge is 2.40. The van der Waals surface area contributed by atoms with Crippen molar-refractivity contribution in [3.63, 3.8) is 0 Å². The number of amides is 2. The first-order valence-electron chi connectivity index (χ1n) is 20.3. The van der Waals surface area contributed by atoms with E-state index in [1.54, 1.807) is 41.8 Å².